The molecule has 6 nitrogen and oxygen atoms in total. The van der Waals surface area contributed by atoms with Gasteiger partial charge >= 0.3 is 6.09 Å². The average molecular weight is 436 g/mol. The van der Waals surface area contributed by atoms with Gasteiger partial charge in [-0.05, 0) is 50.7 Å². The monoisotopic (exact) mass is 435 g/mol. The number of anilines is 1. The van der Waals surface area contributed by atoms with Crippen LogP contribution in [0.3, 0.4) is 0 Å². The summed E-state index contributed by atoms with van der Waals surface area (Å²) in [4.78, 5) is 19.1. The zero-order valence-electron chi connectivity index (χ0n) is 18.3. The molecule has 1 aromatic rings. The van der Waals surface area contributed by atoms with Crippen molar-refractivity contribution in [1.29, 1.82) is 0 Å². The molecule has 3 aliphatic rings. The van der Waals surface area contributed by atoms with Crippen LogP contribution in [0.5, 0.6) is 0 Å². The molecule has 7 heteroatoms. The first-order valence-electron chi connectivity index (χ1n) is 11.1. The number of carbonyl (C=O) groups is 1. The van der Waals surface area contributed by atoms with Gasteiger partial charge in [0.2, 0.25) is 0 Å². The summed E-state index contributed by atoms with van der Waals surface area (Å²) >= 11 is 6.61. The third kappa shape index (κ3) is 4.71. The van der Waals surface area contributed by atoms with Crippen LogP contribution in [-0.4, -0.2) is 72.5 Å². The van der Waals surface area contributed by atoms with E-state index in [-0.39, 0.29) is 12.7 Å². The Morgan fingerprint density at radius 3 is 2.47 bits per heavy atom. The van der Waals surface area contributed by atoms with Gasteiger partial charge in [-0.25, -0.2) is 4.79 Å². The Morgan fingerprint density at radius 2 is 1.87 bits per heavy atom. The predicted molar refractivity (Wildman–Crippen MR) is 119 cm³/mol. The van der Waals surface area contributed by atoms with Crippen LogP contribution in [0.15, 0.2) is 18.2 Å². The van der Waals surface area contributed by atoms with Crippen molar-refractivity contribution < 1.29 is 14.6 Å². The normalized spacial score (nSPS) is 27.0. The first-order chi connectivity index (χ1) is 14.2. The number of rotatable bonds is 4. The molecule has 1 aromatic carbocycles. The summed E-state index contributed by atoms with van der Waals surface area (Å²) in [5, 5.41) is 10.3. The van der Waals surface area contributed by atoms with Gasteiger partial charge in [-0.15, -0.1) is 0 Å². The van der Waals surface area contributed by atoms with Crippen molar-refractivity contribution in [2.24, 2.45) is 17.8 Å². The number of fused-ring (bicyclic) bond motifs is 1. The molecule has 3 fully saturated rings. The van der Waals surface area contributed by atoms with Gasteiger partial charge in [0.25, 0.3) is 0 Å². The number of nitrogens with zero attached hydrogens (tertiary/aromatic N) is 3. The number of carbonyl (C=O) groups excluding carboxylic acids is 1. The first-order valence-corrected chi connectivity index (χ1v) is 11.4. The van der Waals surface area contributed by atoms with Crippen molar-refractivity contribution in [3.8, 4) is 0 Å². The summed E-state index contributed by atoms with van der Waals surface area (Å²) in [6.45, 7) is 12.2. The van der Waals surface area contributed by atoms with Crippen molar-refractivity contribution in [3.63, 3.8) is 0 Å². The van der Waals surface area contributed by atoms with Gasteiger partial charge in [0.05, 0.1) is 10.7 Å². The number of aliphatic hydroxyl groups is 1. The number of hydrogen-bond acceptors (Lipinski definition) is 5. The molecule has 3 saturated heterocycles. The quantitative estimate of drug-likeness (QED) is 0.784. The standard InChI is InChI=1S/C23H34ClN3O3/c1-23(2,3)30-22(29)27-13-18-11-25(12-19(18)14-27)10-17-5-4-6-20(24)21(17)26-8-7-16(9-26)15-28/h4-6,16,18-19,28H,7-15H2,1-3H3. The number of aliphatic hydroxyl groups excluding tert-OH is 1. The van der Waals surface area contributed by atoms with Gasteiger partial charge in [0, 0.05) is 58.3 Å². The van der Waals surface area contributed by atoms with E-state index in [9.17, 15) is 9.90 Å². The Kier molecular flexibility index (Phi) is 6.20. The van der Waals surface area contributed by atoms with E-state index in [0.29, 0.717) is 17.8 Å². The van der Waals surface area contributed by atoms with E-state index in [0.717, 1.165) is 62.9 Å². The summed E-state index contributed by atoms with van der Waals surface area (Å²) in [5.41, 5.74) is 1.93. The Bertz CT molecular complexity index is 767. The zero-order chi connectivity index (χ0) is 21.5. The number of likely N-dealkylation sites (tertiary alicyclic amines) is 2. The summed E-state index contributed by atoms with van der Waals surface area (Å²) in [5.74, 6) is 1.34. The number of hydrogen-bond donors (Lipinski definition) is 1. The molecule has 30 heavy (non-hydrogen) atoms. The fourth-order valence-corrected chi connectivity index (χ4v) is 5.48. The van der Waals surface area contributed by atoms with Crippen molar-refractivity contribution in [3.05, 3.63) is 28.8 Å². The molecular formula is C23H34ClN3O3. The molecule has 0 aromatic heterocycles. The zero-order valence-corrected chi connectivity index (χ0v) is 19.1. The van der Waals surface area contributed by atoms with Crippen molar-refractivity contribution >= 4 is 23.4 Å². The molecule has 1 N–H and O–H groups in total. The highest BCUT2D eigenvalue weighted by molar-refractivity contribution is 6.33. The minimum Gasteiger partial charge on any atom is -0.444 e. The van der Waals surface area contributed by atoms with E-state index >= 15 is 0 Å². The molecule has 3 aliphatic heterocycles. The lowest BCUT2D eigenvalue weighted by molar-refractivity contribution is 0.0274. The van der Waals surface area contributed by atoms with Gasteiger partial charge in [0.1, 0.15) is 5.60 Å². The Hall–Kier alpha value is -1.50. The topological polar surface area (TPSA) is 56.2 Å². The van der Waals surface area contributed by atoms with Crippen LogP contribution in [0.2, 0.25) is 5.02 Å². The third-order valence-corrected chi connectivity index (χ3v) is 6.84. The molecule has 0 aliphatic carbocycles. The maximum absolute atomic E-state index is 12.4. The number of benzene rings is 1. The molecule has 0 saturated carbocycles. The summed E-state index contributed by atoms with van der Waals surface area (Å²) in [6, 6.07) is 6.17. The first kappa shape index (κ1) is 21.7. The van der Waals surface area contributed by atoms with Crippen molar-refractivity contribution in [2.75, 3.05) is 50.8 Å². The van der Waals surface area contributed by atoms with E-state index in [1.54, 1.807) is 0 Å². The minimum atomic E-state index is -0.450. The molecule has 3 atom stereocenters. The van der Waals surface area contributed by atoms with E-state index in [1.807, 2.05) is 37.8 Å². The van der Waals surface area contributed by atoms with E-state index < -0.39 is 5.60 Å². The Balaban J connectivity index is 1.38. The summed E-state index contributed by atoms with van der Waals surface area (Å²) in [7, 11) is 0. The summed E-state index contributed by atoms with van der Waals surface area (Å²) < 4.78 is 5.55. The van der Waals surface area contributed by atoms with Crippen LogP contribution in [-0.2, 0) is 11.3 Å². The fraction of sp³-hybridized carbons (Fsp3) is 0.696. The SMILES string of the molecule is CC(C)(C)OC(=O)N1CC2CN(Cc3cccc(Cl)c3N3CCC(CO)C3)CC2C1. The number of halogens is 1. The molecule has 4 rings (SSSR count). The van der Waals surface area contributed by atoms with E-state index in [4.69, 9.17) is 16.3 Å². The molecule has 3 heterocycles. The highest BCUT2D eigenvalue weighted by Gasteiger charge is 2.42. The second kappa shape index (κ2) is 8.56. The molecule has 0 spiro atoms. The highest BCUT2D eigenvalue weighted by Crippen LogP contribution is 2.37. The Morgan fingerprint density at radius 1 is 1.17 bits per heavy atom. The van der Waals surface area contributed by atoms with Gasteiger partial charge < -0.3 is 19.6 Å². The molecule has 0 bridgehead atoms. The van der Waals surface area contributed by atoms with Gasteiger partial charge in [-0.1, -0.05) is 23.7 Å². The van der Waals surface area contributed by atoms with Crippen LogP contribution in [0.1, 0.15) is 32.8 Å². The Labute approximate surface area is 184 Å². The number of amides is 1. The fourth-order valence-electron chi connectivity index (χ4n) is 5.16. The molecule has 166 valence electrons. The number of para-hydroxylation sites is 1. The number of ether oxygens (including phenoxy) is 1. The predicted octanol–water partition coefficient (Wildman–Crippen LogP) is 3.46. The molecular weight excluding hydrogens is 402 g/mol. The van der Waals surface area contributed by atoms with Crippen LogP contribution in [0.25, 0.3) is 0 Å². The molecule has 0 radical (unpaired) electrons. The van der Waals surface area contributed by atoms with Crippen LogP contribution < -0.4 is 4.90 Å². The lowest BCUT2D eigenvalue weighted by Gasteiger charge is -2.27. The summed E-state index contributed by atoms with van der Waals surface area (Å²) in [6.07, 6.45) is 0.822. The minimum absolute atomic E-state index is 0.187. The average Bonchev–Trinajstić information content (AvgIpc) is 3.35. The molecule has 1 amide bonds. The van der Waals surface area contributed by atoms with E-state index in [2.05, 4.69) is 15.9 Å². The second-order valence-corrected chi connectivity index (χ2v) is 10.5. The van der Waals surface area contributed by atoms with Crippen LogP contribution >= 0.6 is 11.6 Å². The maximum Gasteiger partial charge on any atom is 0.410 e. The largest absolute Gasteiger partial charge is 0.444 e. The van der Waals surface area contributed by atoms with Gasteiger partial charge in [-0.2, -0.15) is 0 Å². The van der Waals surface area contributed by atoms with Gasteiger partial charge in [0.15, 0.2) is 0 Å². The third-order valence-electron chi connectivity index (χ3n) is 6.54. The lowest BCUT2D eigenvalue weighted by Crippen LogP contribution is -2.37. The molecule has 3 unspecified atom stereocenters. The highest BCUT2D eigenvalue weighted by atomic mass is 35.5. The van der Waals surface area contributed by atoms with Crippen LogP contribution in [0, 0.1) is 17.8 Å². The maximum atomic E-state index is 12.4. The van der Waals surface area contributed by atoms with E-state index in [1.165, 1.54) is 5.56 Å². The van der Waals surface area contributed by atoms with Gasteiger partial charge in [-0.3, -0.25) is 4.90 Å². The van der Waals surface area contributed by atoms with Crippen LogP contribution in [0.4, 0.5) is 10.5 Å². The smallest absolute Gasteiger partial charge is 0.410 e. The van der Waals surface area contributed by atoms with Crippen molar-refractivity contribution in [2.45, 2.75) is 39.3 Å². The lowest BCUT2D eigenvalue weighted by atomic mass is 10.0. The second-order valence-electron chi connectivity index (χ2n) is 10.1. The van der Waals surface area contributed by atoms with Crippen molar-refractivity contribution in [1.82, 2.24) is 9.80 Å².